The number of piperidine rings is 1. The van der Waals surface area contributed by atoms with Crippen molar-refractivity contribution in [2.75, 3.05) is 42.6 Å². The molecule has 148 valence electrons. The Kier molecular flexibility index (Phi) is 7.07. The molecule has 0 saturated carbocycles. The number of carbonyl (C=O) groups excluding carboxylic acids is 1. The fourth-order valence-electron chi connectivity index (χ4n) is 4.62. The Morgan fingerprint density at radius 3 is 2.44 bits per heavy atom. The SMILES string of the molecule is O=C(CCC1CCN(C2CSCCSC2)CC1)N1CCc2ccccc2C1. The lowest BCUT2D eigenvalue weighted by atomic mass is 9.91. The van der Waals surface area contributed by atoms with Crippen molar-refractivity contribution in [2.45, 2.75) is 44.7 Å². The van der Waals surface area contributed by atoms with Crippen molar-refractivity contribution in [3.8, 4) is 0 Å². The zero-order chi connectivity index (χ0) is 18.5. The predicted molar refractivity (Wildman–Crippen MR) is 118 cm³/mol. The van der Waals surface area contributed by atoms with Crippen LogP contribution in [0.2, 0.25) is 0 Å². The summed E-state index contributed by atoms with van der Waals surface area (Å²) in [5.41, 5.74) is 2.76. The second kappa shape index (κ2) is 9.71. The van der Waals surface area contributed by atoms with Crippen LogP contribution in [-0.2, 0) is 17.8 Å². The number of benzene rings is 1. The molecule has 2 fully saturated rings. The van der Waals surface area contributed by atoms with Gasteiger partial charge in [-0.25, -0.2) is 0 Å². The van der Waals surface area contributed by atoms with Crippen molar-refractivity contribution in [3.05, 3.63) is 35.4 Å². The summed E-state index contributed by atoms with van der Waals surface area (Å²) in [7, 11) is 0. The highest BCUT2D eigenvalue weighted by Crippen LogP contribution is 2.28. The summed E-state index contributed by atoms with van der Waals surface area (Å²) in [4.78, 5) is 17.5. The topological polar surface area (TPSA) is 23.6 Å². The van der Waals surface area contributed by atoms with Crippen LogP contribution in [-0.4, -0.2) is 64.4 Å². The molecule has 2 saturated heterocycles. The smallest absolute Gasteiger partial charge is 0.222 e. The second-order valence-corrected chi connectivity index (χ2v) is 10.5. The maximum absolute atomic E-state index is 12.7. The van der Waals surface area contributed by atoms with Crippen LogP contribution in [0.15, 0.2) is 24.3 Å². The van der Waals surface area contributed by atoms with Crippen molar-refractivity contribution in [1.82, 2.24) is 9.80 Å². The maximum Gasteiger partial charge on any atom is 0.222 e. The lowest BCUT2D eigenvalue weighted by Crippen LogP contribution is -2.44. The average molecular weight is 405 g/mol. The lowest BCUT2D eigenvalue weighted by Gasteiger charge is -2.37. The number of fused-ring (bicyclic) bond motifs is 1. The van der Waals surface area contributed by atoms with Gasteiger partial charge < -0.3 is 4.90 Å². The Hall–Kier alpha value is -0.650. The Labute approximate surface area is 172 Å². The van der Waals surface area contributed by atoms with E-state index >= 15 is 0 Å². The molecule has 3 nitrogen and oxygen atoms in total. The highest BCUT2D eigenvalue weighted by molar-refractivity contribution is 8.03. The summed E-state index contributed by atoms with van der Waals surface area (Å²) in [6, 6.07) is 9.35. The maximum atomic E-state index is 12.7. The molecule has 0 aromatic heterocycles. The van der Waals surface area contributed by atoms with Crippen molar-refractivity contribution in [3.63, 3.8) is 0 Å². The standard InChI is InChI=1S/C22H32N2OS2/c25-22(24-12-9-19-3-1-2-4-20(19)15-24)6-5-18-7-10-23(11-8-18)21-16-26-13-14-27-17-21/h1-4,18,21H,5-17H2. The minimum Gasteiger partial charge on any atom is -0.338 e. The highest BCUT2D eigenvalue weighted by atomic mass is 32.2. The normalized spacial score (nSPS) is 23.0. The molecule has 1 aromatic carbocycles. The predicted octanol–water partition coefficient (Wildman–Crippen LogP) is 3.91. The Balaban J connectivity index is 1.19. The molecule has 1 amide bonds. The minimum atomic E-state index is 0.364. The summed E-state index contributed by atoms with van der Waals surface area (Å²) in [6.07, 6.45) is 5.39. The summed E-state index contributed by atoms with van der Waals surface area (Å²) >= 11 is 4.26. The molecular weight excluding hydrogens is 372 g/mol. The number of carbonyl (C=O) groups is 1. The van der Waals surface area contributed by atoms with Gasteiger partial charge in [0.25, 0.3) is 0 Å². The summed E-state index contributed by atoms with van der Waals surface area (Å²) in [5, 5.41) is 0. The third-order valence-corrected chi connectivity index (χ3v) is 8.89. The number of nitrogens with zero attached hydrogens (tertiary/aromatic N) is 2. The van der Waals surface area contributed by atoms with Crippen LogP contribution in [0.5, 0.6) is 0 Å². The highest BCUT2D eigenvalue weighted by Gasteiger charge is 2.27. The van der Waals surface area contributed by atoms with Gasteiger partial charge in [-0.3, -0.25) is 9.69 Å². The Morgan fingerprint density at radius 1 is 1.00 bits per heavy atom. The first-order chi connectivity index (χ1) is 13.3. The monoisotopic (exact) mass is 404 g/mol. The van der Waals surface area contributed by atoms with Gasteiger partial charge in [-0.1, -0.05) is 24.3 Å². The molecular formula is C22H32N2OS2. The molecule has 4 rings (SSSR count). The molecule has 0 unspecified atom stereocenters. The number of rotatable bonds is 4. The zero-order valence-electron chi connectivity index (χ0n) is 16.3. The molecule has 3 aliphatic heterocycles. The Bertz CT molecular complexity index is 622. The van der Waals surface area contributed by atoms with Gasteiger partial charge in [0.1, 0.15) is 0 Å². The van der Waals surface area contributed by atoms with E-state index < -0.39 is 0 Å². The number of thioether (sulfide) groups is 2. The van der Waals surface area contributed by atoms with Gasteiger partial charge in [0, 0.05) is 48.6 Å². The summed E-state index contributed by atoms with van der Waals surface area (Å²) in [6.45, 7) is 4.18. The van der Waals surface area contributed by atoms with Crippen LogP contribution in [0.3, 0.4) is 0 Å². The number of hydrogen-bond donors (Lipinski definition) is 0. The van der Waals surface area contributed by atoms with Crippen LogP contribution in [0.4, 0.5) is 0 Å². The van der Waals surface area contributed by atoms with Crippen LogP contribution in [0.1, 0.15) is 36.8 Å². The van der Waals surface area contributed by atoms with Crippen LogP contribution >= 0.6 is 23.5 Å². The van der Waals surface area contributed by atoms with E-state index in [1.54, 1.807) is 0 Å². The van der Waals surface area contributed by atoms with E-state index in [0.29, 0.717) is 5.91 Å². The van der Waals surface area contributed by atoms with E-state index in [2.05, 4.69) is 57.6 Å². The van der Waals surface area contributed by atoms with Crippen molar-refractivity contribution in [1.29, 1.82) is 0 Å². The fraction of sp³-hybridized carbons (Fsp3) is 0.682. The van der Waals surface area contributed by atoms with Gasteiger partial charge in [-0.2, -0.15) is 23.5 Å². The first-order valence-electron chi connectivity index (χ1n) is 10.5. The molecule has 0 atom stereocenters. The van der Waals surface area contributed by atoms with Crippen molar-refractivity contribution >= 4 is 29.4 Å². The van der Waals surface area contributed by atoms with Crippen LogP contribution in [0, 0.1) is 5.92 Å². The number of hydrogen-bond acceptors (Lipinski definition) is 4. The Morgan fingerprint density at radius 2 is 1.70 bits per heavy atom. The molecule has 0 radical (unpaired) electrons. The molecule has 0 spiro atoms. The molecule has 3 heterocycles. The number of amides is 1. The molecule has 3 aliphatic rings. The first-order valence-corrected chi connectivity index (χ1v) is 12.8. The van der Waals surface area contributed by atoms with E-state index in [1.165, 1.54) is 60.1 Å². The summed E-state index contributed by atoms with van der Waals surface area (Å²) < 4.78 is 0. The lowest BCUT2D eigenvalue weighted by molar-refractivity contribution is -0.132. The van der Waals surface area contributed by atoms with Crippen LogP contribution < -0.4 is 0 Å². The van der Waals surface area contributed by atoms with Gasteiger partial charge in [-0.05, 0) is 55.8 Å². The minimum absolute atomic E-state index is 0.364. The molecule has 0 aliphatic carbocycles. The first kappa shape index (κ1) is 19.7. The van der Waals surface area contributed by atoms with E-state index in [1.807, 2.05) is 0 Å². The molecule has 5 heteroatoms. The van der Waals surface area contributed by atoms with E-state index in [0.717, 1.165) is 44.3 Å². The van der Waals surface area contributed by atoms with E-state index in [9.17, 15) is 4.79 Å². The fourth-order valence-corrected chi connectivity index (χ4v) is 7.24. The van der Waals surface area contributed by atoms with Gasteiger partial charge in [-0.15, -0.1) is 0 Å². The molecule has 27 heavy (non-hydrogen) atoms. The quantitative estimate of drug-likeness (QED) is 0.759. The zero-order valence-corrected chi connectivity index (χ0v) is 17.9. The van der Waals surface area contributed by atoms with Crippen molar-refractivity contribution in [2.24, 2.45) is 5.92 Å². The van der Waals surface area contributed by atoms with Gasteiger partial charge in [0.2, 0.25) is 5.91 Å². The third kappa shape index (κ3) is 5.24. The van der Waals surface area contributed by atoms with E-state index in [4.69, 9.17) is 0 Å². The van der Waals surface area contributed by atoms with Crippen LogP contribution in [0.25, 0.3) is 0 Å². The van der Waals surface area contributed by atoms with E-state index in [-0.39, 0.29) is 0 Å². The third-order valence-electron chi connectivity index (χ3n) is 6.41. The average Bonchev–Trinajstić information content (AvgIpc) is 3.01. The van der Waals surface area contributed by atoms with Gasteiger partial charge >= 0.3 is 0 Å². The number of likely N-dealkylation sites (tertiary alicyclic amines) is 1. The second-order valence-electron chi connectivity index (χ2n) is 8.16. The summed E-state index contributed by atoms with van der Waals surface area (Å²) in [5.74, 6) is 6.37. The molecule has 1 aromatic rings. The van der Waals surface area contributed by atoms with Crippen molar-refractivity contribution < 1.29 is 4.79 Å². The van der Waals surface area contributed by atoms with Gasteiger partial charge in [0.05, 0.1) is 0 Å². The van der Waals surface area contributed by atoms with Gasteiger partial charge in [0.15, 0.2) is 0 Å². The molecule has 0 N–H and O–H groups in total. The molecule has 0 bridgehead atoms. The largest absolute Gasteiger partial charge is 0.338 e.